The van der Waals surface area contributed by atoms with Gasteiger partial charge in [-0.2, -0.15) is 0 Å². The van der Waals surface area contributed by atoms with Gasteiger partial charge in [-0.1, -0.05) is 0 Å². The van der Waals surface area contributed by atoms with Crippen LogP contribution in [0.4, 0.5) is 0 Å². The number of sulfone groups is 1. The van der Waals surface area contributed by atoms with E-state index in [1.807, 2.05) is 6.07 Å². The summed E-state index contributed by atoms with van der Waals surface area (Å²) in [4.78, 5) is 8.71. The lowest BCUT2D eigenvalue weighted by Crippen LogP contribution is -2.35. The van der Waals surface area contributed by atoms with Gasteiger partial charge in [0.15, 0.2) is 9.84 Å². The van der Waals surface area contributed by atoms with Crippen molar-refractivity contribution in [3.05, 3.63) is 23.8 Å². The largest absolute Gasteiger partial charge is 0.306 e. The molecule has 1 aromatic rings. The van der Waals surface area contributed by atoms with Gasteiger partial charge in [0.25, 0.3) is 0 Å². The molecule has 0 amide bonds. The first-order chi connectivity index (χ1) is 8.75. The Kier molecular flexibility index (Phi) is 3.92. The van der Waals surface area contributed by atoms with Gasteiger partial charge in [0.2, 0.25) is 0 Å². The molecule has 1 aliphatic heterocycles. The SMILES string of the molecule is CC(C)(C)NCc1ccnc(C2CCS(=O)(=O)C2)n1. The third-order valence-corrected chi connectivity index (χ3v) is 4.90. The fraction of sp³-hybridized carbons (Fsp3) is 0.692. The molecule has 0 radical (unpaired) electrons. The Morgan fingerprint density at radius 2 is 2.16 bits per heavy atom. The van der Waals surface area contributed by atoms with E-state index in [0.717, 1.165) is 5.69 Å². The maximum atomic E-state index is 11.5. The van der Waals surface area contributed by atoms with Gasteiger partial charge in [-0.3, -0.25) is 0 Å². The minimum absolute atomic E-state index is 0.0296. The summed E-state index contributed by atoms with van der Waals surface area (Å²) in [6.07, 6.45) is 2.35. The molecule has 1 saturated heterocycles. The van der Waals surface area contributed by atoms with Crippen LogP contribution in [0.25, 0.3) is 0 Å². The van der Waals surface area contributed by atoms with Gasteiger partial charge in [0.1, 0.15) is 5.82 Å². The maximum Gasteiger partial charge on any atom is 0.151 e. The monoisotopic (exact) mass is 283 g/mol. The Labute approximate surface area is 114 Å². The molecule has 0 bridgehead atoms. The normalized spacial score (nSPS) is 22.6. The highest BCUT2D eigenvalue weighted by Gasteiger charge is 2.30. The number of nitrogens with one attached hydrogen (secondary N) is 1. The minimum Gasteiger partial charge on any atom is -0.306 e. The van der Waals surface area contributed by atoms with Gasteiger partial charge in [0, 0.05) is 24.2 Å². The molecule has 2 heterocycles. The first kappa shape index (κ1) is 14.4. The molecular weight excluding hydrogens is 262 g/mol. The van der Waals surface area contributed by atoms with Crippen LogP contribution in [-0.4, -0.2) is 35.4 Å². The summed E-state index contributed by atoms with van der Waals surface area (Å²) >= 11 is 0. The van der Waals surface area contributed by atoms with Crippen molar-refractivity contribution < 1.29 is 8.42 Å². The standard InChI is InChI=1S/C13H21N3O2S/c1-13(2,3)15-8-11-4-6-14-12(16-11)10-5-7-19(17,18)9-10/h4,6,10,15H,5,7-9H2,1-3H3. The number of hydrogen-bond donors (Lipinski definition) is 1. The van der Waals surface area contributed by atoms with Crippen molar-refractivity contribution in [1.29, 1.82) is 0 Å². The van der Waals surface area contributed by atoms with Gasteiger partial charge >= 0.3 is 0 Å². The summed E-state index contributed by atoms with van der Waals surface area (Å²) in [5, 5.41) is 3.36. The third kappa shape index (κ3) is 4.24. The van der Waals surface area contributed by atoms with Gasteiger partial charge in [0.05, 0.1) is 17.2 Å². The summed E-state index contributed by atoms with van der Waals surface area (Å²) in [7, 11) is -2.89. The van der Waals surface area contributed by atoms with E-state index in [0.29, 0.717) is 18.8 Å². The molecule has 0 saturated carbocycles. The van der Waals surface area contributed by atoms with E-state index in [2.05, 4.69) is 36.1 Å². The molecule has 1 N–H and O–H groups in total. The number of nitrogens with zero attached hydrogens (tertiary/aromatic N) is 2. The van der Waals surface area contributed by atoms with Crippen LogP contribution in [0.1, 0.15) is 44.6 Å². The molecule has 6 heteroatoms. The smallest absolute Gasteiger partial charge is 0.151 e. The van der Waals surface area contributed by atoms with E-state index in [-0.39, 0.29) is 23.0 Å². The molecule has 0 spiro atoms. The zero-order chi connectivity index (χ0) is 14.1. The number of aromatic nitrogens is 2. The first-order valence-electron chi connectivity index (χ1n) is 6.52. The van der Waals surface area contributed by atoms with Crippen molar-refractivity contribution in [3.8, 4) is 0 Å². The molecule has 2 rings (SSSR count). The van der Waals surface area contributed by atoms with Gasteiger partial charge in [-0.25, -0.2) is 18.4 Å². The van der Waals surface area contributed by atoms with E-state index >= 15 is 0 Å². The summed E-state index contributed by atoms with van der Waals surface area (Å²) in [6, 6.07) is 1.87. The van der Waals surface area contributed by atoms with E-state index in [1.165, 1.54) is 0 Å². The minimum atomic E-state index is -2.89. The lowest BCUT2D eigenvalue weighted by molar-refractivity contribution is 0.420. The van der Waals surface area contributed by atoms with Gasteiger partial charge in [-0.05, 0) is 33.3 Å². The molecule has 1 fully saturated rings. The summed E-state index contributed by atoms with van der Waals surface area (Å²) in [5.74, 6) is 1.06. The highest BCUT2D eigenvalue weighted by Crippen LogP contribution is 2.26. The van der Waals surface area contributed by atoms with Crippen LogP contribution in [0, 0.1) is 0 Å². The molecule has 1 atom stereocenters. The average Bonchev–Trinajstić information content (AvgIpc) is 2.67. The summed E-state index contributed by atoms with van der Waals surface area (Å²) in [6.45, 7) is 6.95. The quantitative estimate of drug-likeness (QED) is 0.904. The highest BCUT2D eigenvalue weighted by molar-refractivity contribution is 7.91. The zero-order valence-corrected chi connectivity index (χ0v) is 12.5. The molecule has 0 aliphatic carbocycles. The van der Waals surface area contributed by atoms with Crippen LogP contribution in [0.5, 0.6) is 0 Å². The molecule has 1 aromatic heterocycles. The van der Waals surface area contributed by atoms with Crippen molar-refractivity contribution in [1.82, 2.24) is 15.3 Å². The molecule has 0 aromatic carbocycles. The second kappa shape index (κ2) is 5.17. The van der Waals surface area contributed by atoms with Crippen LogP contribution < -0.4 is 5.32 Å². The Morgan fingerprint density at radius 3 is 2.74 bits per heavy atom. The Bertz CT molecular complexity index is 549. The molecular formula is C13H21N3O2S. The van der Waals surface area contributed by atoms with Gasteiger partial charge in [-0.15, -0.1) is 0 Å². The lowest BCUT2D eigenvalue weighted by atomic mass is 10.1. The second-order valence-corrected chi connectivity index (χ2v) is 8.34. The van der Waals surface area contributed by atoms with Crippen molar-refractivity contribution in [2.24, 2.45) is 0 Å². The number of hydrogen-bond acceptors (Lipinski definition) is 5. The molecule has 19 heavy (non-hydrogen) atoms. The van der Waals surface area contributed by atoms with Crippen LogP contribution >= 0.6 is 0 Å². The van der Waals surface area contributed by atoms with Crippen molar-refractivity contribution >= 4 is 9.84 Å². The van der Waals surface area contributed by atoms with E-state index in [4.69, 9.17) is 0 Å². The zero-order valence-electron chi connectivity index (χ0n) is 11.7. The van der Waals surface area contributed by atoms with Crippen LogP contribution in [0.15, 0.2) is 12.3 Å². The molecule has 5 nitrogen and oxygen atoms in total. The van der Waals surface area contributed by atoms with E-state index in [1.54, 1.807) is 6.20 Å². The lowest BCUT2D eigenvalue weighted by Gasteiger charge is -2.20. The number of rotatable bonds is 3. The molecule has 1 aliphatic rings. The Balaban J connectivity index is 2.08. The average molecular weight is 283 g/mol. The Hall–Kier alpha value is -1.01. The highest BCUT2D eigenvalue weighted by atomic mass is 32.2. The molecule has 1 unspecified atom stereocenters. The van der Waals surface area contributed by atoms with Crippen molar-refractivity contribution in [2.75, 3.05) is 11.5 Å². The summed E-state index contributed by atoms with van der Waals surface area (Å²) in [5.41, 5.74) is 0.936. The van der Waals surface area contributed by atoms with Crippen molar-refractivity contribution in [2.45, 2.75) is 45.2 Å². The van der Waals surface area contributed by atoms with Crippen molar-refractivity contribution in [3.63, 3.8) is 0 Å². The van der Waals surface area contributed by atoms with E-state index < -0.39 is 9.84 Å². The topological polar surface area (TPSA) is 72.0 Å². The van der Waals surface area contributed by atoms with Gasteiger partial charge < -0.3 is 5.32 Å². The Morgan fingerprint density at radius 1 is 1.42 bits per heavy atom. The third-order valence-electron chi connectivity index (χ3n) is 3.13. The summed E-state index contributed by atoms with van der Waals surface area (Å²) < 4.78 is 23.0. The predicted octanol–water partition coefficient (Wildman–Crippen LogP) is 1.27. The second-order valence-electron chi connectivity index (χ2n) is 6.11. The van der Waals surface area contributed by atoms with Crippen LogP contribution in [-0.2, 0) is 16.4 Å². The maximum absolute atomic E-state index is 11.5. The fourth-order valence-electron chi connectivity index (χ4n) is 2.06. The fourth-order valence-corrected chi connectivity index (χ4v) is 3.80. The van der Waals surface area contributed by atoms with E-state index in [9.17, 15) is 8.42 Å². The van der Waals surface area contributed by atoms with Crippen LogP contribution in [0.3, 0.4) is 0 Å². The predicted molar refractivity (Wildman–Crippen MR) is 74.6 cm³/mol. The molecule has 106 valence electrons. The first-order valence-corrected chi connectivity index (χ1v) is 8.35. The van der Waals surface area contributed by atoms with Crippen LogP contribution in [0.2, 0.25) is 0 Å².